The molecular formula is C16H19N3. The van der Waals surface area contributed by atoms with Crippen molar-refractivity contribution < 1.29 is 0 Å². The molecule has 0 atom stereocenters. The molecule has 1 heterocycles. The standard InChI is InChI=1S/C16H19N3/c1-3-4-8-11-17-12-16-13-18-14(2)19(16)15-9-6-5-7-10-15/h1,5-7,9-10,13,17H,4,8,11-12H2,2H3. The van der Waals surface area contributed by atoms with Gasteiger partial charge in [0.25, 0.3) is 0 Å². The lowest BCUT2D eigenvalue weighted by Crippen LogP contribution is -2.17. The highest BCUT2D eigenvalue weighted by atomic mass is 15.1. The molecule has 19 heavy (non-hydrogen) atoms. The van der Waals surface area contributed by atoms with Gasteiger partial charge in [0.05, 0.1) is 11.9 Å². The van der Waals surface area contributed by atoms with Gasteiger partial charge >= 0.3 is 0 Å². The molecule has 0 aliphatic heterocycles. The molecule has 0 radical (unpaired) electrons. The van der Waals surface area contributed by atoms with Gasteiger partial charge in [-0.05, 0) is 32.0 Å². The number of benzene rings is 1. The minimum absolute atomic E-state index is 0.806. The van der Waals surface area contributed by atoms with Crippen LogP contribution in [-0.4, -0.2) is 16.1 Å². The van der Waals surface area contributed by atoms with Crippen LogP contribution in [0, 0.1) is 19.3 Å². The minimum atomic E-state index is 0.806. The van der Waals surface area contributed by atoms with Gasteiger partial charge in [0.15, 0.2) is 0 Å². The summed E-state index contributed by atoms with van der Waals surface area (Å²) in [6, 6.07) is 10.3. The molecular weight excluding hydrogens is 234 g/mol. The molecule has 0 fully saturated rings. The van der Waals surface area contributed by atoms with E-state index in [0.717, 1.165) is 37.4 Å². The van der Waals surface area contributed by atoms with Crippen LogP contribution < -0.4 is 5.32 Å². The van der Waals surface area contributed by atoms with Gasteiger partial charge in [0, 0.05) is 18.7 Å². The molecule has 2 aromatic rings. The molecule has 0 bridgehead atoms. The minimum Gasteiger partial charge on any atom is -0.311 e. The summed E-state index contributed by atoms with van der Waals surface area (Å²) in [5.41, 5.74) is 2.32. The predicted octanol–water partition coefficient (Wildman–Crippen LogP) is 2.68. The molecule has 0 unspecified atom stereocenters. The van der Waals surface area contributed by atoms with Crippen LogP contribution in [-0.2, 0) is 6.54 Å². The number of hydrogen-bond acceptors (Lipinski definition) is 2. The first-order chi connectivity index (χ1) is 9.33. The molecule has 1 aromatic carbocycles. The van der Waals surface area contributed by atoms with Crippen molar-refractivity contribution >= 4 is 0 Å². The van der Waals surface area contributed by atoms with Crippen LogP contribution >= 0.6 is 0 Å². The summed E-state index contributed by atoms with van der Waals surface area (Å²) in [6.07, 6.45) is 8.99. The zero-order valence-electron chi connectivity index (χ0n) is 11.3. The number of para-hydroxylation sites is 1. The smallest absolute Gasteiger partial charge is 0.110 e. The van der Waals surface area contributed by atoms with Gasteiger partial charge in [-0.1, -0.05) is 18.2 Å². The quantitative estimate of drug-likeness (QED) is 0.633. The molecule has 2 rings (SSSR count). The van der Waals surface area contributed by atoms with E-state index >= 15 is 0 Å². The van der Waals surface area contributed by atoms with Gasteiger partial charge in [0.1, 0.15) is 5.82 Å². The van der Waals surface area contributed by atoms with Crippen molar-refractivity contribution in [1.29, 1.82) is 0 Å². The lowest BCUT2D eigenvalue weighted by atomic mass is 10.3. The molecule has 1 N–H and O–H groups in total. The highest BCUT2D eigenvalue weighted by Crippen LogP contribution is 2.14. The second-order valence-electron chi connectivity index (χ2n) is 4.45. The Bertz CT molecular complexity index is 549. The third kappa shape index (κ3) is 3.46. The molecule has 0 aliphatic carbocycles. The summed E-state index contributed by atoms with van der Waals surface area (Å²) in [4.78, 5) is 4.40. The van der Waals surface area contributed by atoms with E-state index in [-0.39, 0.29) is 0 Å². The van der Waals surface area contributed by atoms with Gasteiger partial charge in [-0.3, -0.25) is 4.57 Å². The van der Waals surface area contributed by atoms with E-state index < -0.39 is 0 Å². The Morgan fingerprint density at radius 3 is 2.84 bits per heavy atom. The third-order valence-corrected chi connectivity index (χ3v) is 3.01. The molecule has 0 spiro atoms. The average molecular weight is 253 g/mol. The van der Waals surface area contributed by atoms with E-state index in [0.29, 0.717) is 0 Å². The van der Waals surface area contributed by atoms with Gasteiger partial charge < -0.3 is 5.32 Å². The largest absolute Gasteiger partial charge is 0.311 e. The summed E-state index contributed by atoms with van der Waals surface area (Å²) >= 11 is 0. The van der Waals surface area contributed by atoms with Crippen molar-refractivity contribution in [2.75, 3.05) is 6.54 Å². The van der Waals surface area contributed by atoms with Crippen molar-refractivity contribution in [2.45, 2.75) is 26.3 Å². The second kappa shape index (κ2) is 6.77. The number of imidazole rings is 1. The van der Waals surface area contributed by atoms with Crippen LogP contribution in [0.25, 0.3) is 5.69 Å². The summed E-state index contributed by atoms with van der Waals surface area (Å²) in [7, 11) is 0. The summed E-state index contributed by atoms with van der Waals surface area (Å²) in [5, 5.41) is 3.40. The fraction of sp³-hybridized carbons (Fsp3) is 0.312. The van der Waals surface area contributed by atoms with Gasteiger partial charge in [-0.15, -0.1) is 12.3 Å². The molecule has 0 saturated carbocycles. The Labute approximate surface area is 114 Å². The highest BCUT2D eigenvalue weighted by Gasteiger charge is 2.07. The fourth-order valence-electron chi connectivity index (χ4n) is 2.08. The number of terminal acetylenes is 1. The number of hydrogen-bond donors (Lipinski definition) is 1. The maximum absolute atomic E-state index is 5.23. The Morgan fingerprint density at radius 1 is 1.32 bits per heavy atom. The van der Waals surface area contributed by atoms with E-state index in [1.807, 2.05) is 31.3 Å². The van der Waals surface area contributed by atoms with E-state index in [2.05, 4.69) is 32.9 Å². The van der Waals surface area contributed by atoms with E-state index in [4.69, 9.17) is 6.42 Å². The first-order valence-electron chi connectivity index (χ1n) is 6.55. The van der Waals surface area contributed by atoms with E-state index in [1.54, 1.807) is 0 Å². The van der Waals surface area contributed by atoms with Crippen LogP contribution in [0.3, 0.4) is 0 Å². The van der Waals surface area contributed by atoms with Crippen LogP contribution in [0.15, 0.2) is 36.5 Å². The van der Waals surface area contributed by atoms with Crippen LogP contribution in [0.2, 0.25) is 0 Å². The summed E-state index contributed by atoms with van der Waals surface area (Å²) < 4.78 is 2.17. The number of rotatable bonds is 6. The van der Waals surface area contributed by atoms with Crippen LogP contribution in [0.4, 0.5) is 0 Å². The molecule has 0 saturated heterocycles. The van der Waals surface area contributed by atoms with Gasteiger partial charge in [0.2, 0.25) is 0 Å². The molecule has 0 amide bonds. The summed E-state index contributed by atoms with van der Waals surface area (Å²) in [5.74, 6) is 3.66. The number of aryl methyl sites for hydroxylation is 1. The molecule has 3 nitrogen and oxygen atoms in total. The normalized spacial score (nSPS) is 10.3. The third-order valence-electron chi connectivity index (χ3n) is 3.01. The number of nitrogens with zero attached hydrogens (tertiary/aromatic N) is 2. The van der Waals surface area contributed by atoms with Crippen molar-refractivity contribution in [3.63, 3.8) is 0 Å². The maximum Gasteiger partial charge on any atom is 0.110 e. The SMILES string of the molecule is C#CCCCNCc1cnc(C)n1-c1ccccc1. The lowest BCUT2D eigenvalue weighted by molar-refractivity contribution is 0.641. The van der Waals surface area contributed by atoms with Gasteiger partial charge in [-0.2, -0.15) is 0 Å². The lowest BCUT2D eigenvalue weighted by Gasteiger charge is -2.10. The van der Waals surface area contributed by atoms with E-state index in [1.165, 1.54) is 5.69 Å². The van der Waals surface area contributed by atoms with Crippen LogP contribution in [0.5, 0.6) is 0 Å². The highest BCUT2D eigenvalue weighted by molar-refractivity contribution is 5.35. The zero-order chi connectivity index (χ0) is 13.5. The van der Waals surface area contributed by atoms with Crippen molar-refractivity contribution in [3.05, 3.63) is 48.0 Å². The van der Waals surface area contributed by atoms with Gasteiger partial charge in [-0.25, -0.2) is 4.98 Å². The Morgan fingerprint density at radius 2 is 2.11 bits per heavy atom. The zero-order valence-corrected chi connectivity index (χ0v) is 11.3. The molecule has 3 heteroatoms. The predicted molar refractivity (Wildman–Crippen MR) is 78.1 cm³/mol. The van der Waals surface area contributed by atoms with E-state index in [9.17, 15) is 0 Å². The van der Waals surface area contributed by atoms with Crippen LogP contribution in [0.1, 0.15) is 24.4 Å². The number of nitrogens with one attached hydrogen (secondary N) is 1. The Hall–Kier alpha value is -2.05. The fourth-order valence-corrected chi connectivity index (χ4v) is 2.08. The monoisotopic (exact) mass is 253 g/mol. The Balaban J connectivity index is 2.05. The summed E-state index contributed by atoms with van der Waals surface area (Å²) in [6.45, 7) is 3.76. The molecule has 1 aromatic heterocycles. The molecule has 0 aliphatic rings. The van der Waals surface area contributed by atoms with Crippen molar-refractivity contribution in [3.8, 4) is 18.0 Å². The first kappa shape index (κ1) is 13.4. The second-order valence-corrected chi connectivity index (χ2v) is 4.45. The average Bonchev–Trinajstić information content (AvgIpc) is 2.81. The maximum atomic E-state index is 5.23. The number of aromatic nitrogens is 2. The first-order valence-corrected chi connectivity index (χ1v) is 6.55. The van der Waals surface area contributed by atoms with Crippen molar-refractivity contribution in [2.24, 2.45) is 0 Å². The topological polar surface area (TPSA) is 29.9 Å². The number of unbranched alkanes of at least 4 members (excludes halogenated alkanes) is 1. The van der Waals surface area contributed by atoms with Crippen molar-refractivity contribution in [1.82, 2.24) is 14.9 Å². The molecule has 98 valence electrons. The Kier molecular flexibility index (Phi) is 4.77.